The van der Waals surface area contributed by atoms with Crippen LogP contribution in [0.5, 0.6) is 0 Å². The second-order valence-electron chi connectivity index (χ2n) is 7.90. The van der Waals surface area contributed by atoms with Crippen LogP contribution >= 0.6 is 0 Å². The third kappa shape index (κ3) is 2.71. The second kappa shape index (κ2) is 6.49. The fourth-order valence-corrected chi connectivity index (χ4v) is 4.38. The van der Waals surface area contributed by atoms with Crippen molar-refractivity contribution >= 4 is 34.1 Å². The molecule has 4 aromatic rings. The van der Waals surface area contributed by atoms with E-state index in [2.05, 4.69) is 37.1 Å². The lowest BCUT2D eigenvalue weighted by Gasteiger charge is -2.22. The van der Waals surface area contributed by atoms with E-state index in [1.165, 1.54) is 0 Å². The van der Waals surface area contributed by atoms with Gasteiger partial charge in [-0.2, -0.15) is 4.68 Å². The summed E-state index contributed by atoms with van der Waals surface area (Å²) in [5.41, 5.74) is 4.63. The number of nitrogens with one attached hydrogen (secondary N) is 3. The third-order valence-corrected chi connectivity index (χ3v) is 5.91. The standard InChI is InChI=1S/C20H20N8O2/c1-27-14-8-11-7-13(19(14)24-26-27)22-17-5-6-18-21-9-15(28(18)25-17)20(29)23-12-3-2-4-16(12)30-10-11/h5-9,12,16H,2-4,10H2,1H3,(H2,22,23,25,26,29)/p+1/t12-,16-/m1/s1. The Bertz CT molecular complexity index is 1290. The first-order valence-electron chi connectivity index (χ1n) is 10.1. The molecule has 1 aromatic carbocycles. The van der Waals surface area contributed by atoms with Gasteiger partial charge in [0.05, 0.1) is 30.6 Å². The highest BCUT2D eigenvalue weighted by Gasteiger charge is 2.31. The summed E-state index contributed by atoms with van der Waals surface area (Å²) >= 11 is 0. The topological polar surface area (TPSA) is 113 Å². The predicted molar refractivity (Wildman–Crippen MR) is 107 cm³/mol. The molecule has 0 spiro atoms. The average Bonchev–Trinajstić information content (AvgIpc) is 3.45. The highest BCUT2D eigenvalue weighted by molar-refractivity contribution is 5.93. The number of benzene rings is 1. The van der Waals surface area contributed by atoms with Crippen LogP contribution in [0, 0.1) is 0 Å². The van der Waals surface area contributed by atoms with Crippen molar-refractivity contribution in [2.45, 2.75) is 38.0 Å². The van der Waals surface area contributed by atoms with Crippen LogP contribution in [0.1, 0.15) is 35.3 Å². The minimum absolute atomic E-state index is 0.0233. The number of hydrogen-bond acceptors (Lipinski definition) is 6. The Balaban J connectivity index is 1.53. The van der Waals surface area contributed by atoms with Gasteiger partial charge >= 0.3 is 0 Å². The van der Waals surface area contributed by atoms with Crippen molar-refractivity contribution in [2.75, 3.05) is 5.32 Å². The Morgan fingerprint density at radius 1 is 1.27 bits per heavy atom. The SMILES string of the molecule is C[n+]1[nH]nc2c3cc(cc21)CO[C@@H]1CCC[C@H]1NC(=O)c1cnc2ccc(nn12)N3. The van der Waals surface area contributed by atoms with Crippen molar-refractivity contribution in [3.05, 3.63) is 41.7 Å². The molecule has 3 N–H and O–H groups in total. The second-order valence-corrected chi connectivity index (χ2v) is 7.90. The van der Waals surface area contributed by atoms with Crippen LogP contribution in [0.3, 0.4) is 0 Å². The fraction of sp³-hybridized carbons (Fsp3) is 0.350. The minimum atomic E-state index is -0.190. The molecule has 152 valence electrons. The number of fused-ring (bicyclic) bond motifs is 6. The van der Waals surface area contributed by atoms with E-state index in [9.17, 15) is 4.79 Å². The quantitative estimate of drug-likeness (QED) is 0.381. The van der Waals surface area contributed by atoms with Crippen LogP contribution in [0.15, 0.2) is 30.5 Å². The normalized spacial score (nSPS) is 21.4. The monoisotopic (exact) mass is 405 g/mol. The Morgan fingerprint density at radius 2 is 2.20 bits per heavy atom. The zero-order valence-electron chi connectivity index (χ0n) is 16.4. The number of carbonyl (C=O) groups is 1. The van der Waals surface area contributed by atoms with Crippen molar-refractivity contribution in [1.29, 1.82) is 0 Å². The van der Waals surface area contributed by atoms with Crippen LogP contribution in [0.25, 0.3) is 16.7 Å². The summed E-state index contributed by atoms with van der Waals surface area (Å²) in [7, 11) is 1.92. The smallest absolute Gasteiger partial charge is 0.272 e. The fourth-order valence-electron chi connectivity index (χ4n) is 4.38. The van der Waals surface area contributed by atoms with Gasteiger partial charge in [0.15, 0.2) is 17.2 Å². The number of nitrogens with zero attached hydrogens (tertiary/aromatic N) is 5. The van der Waals surface area contributed by atoms with Crippen molar-refractivity contribution in [1.82, 2.24) is 30.2 Å². The number of aromatic nitrogens is 6. The van der Waals surface area contributed by atoms with Crippen LogP contribution < -0.4 is 15.3 Å². The summed E-state index contributed by atoms with van der Waals surface area (Å²) in [6.07, 6.45) is 4.38. The van der Waals surface area contributed by atoms with E-state index in [0.29, 0.717) is 23.8 Å². The van der Waals surface area contributed by atoms with Gasteiger partial charge in [-0.25, -0.2) is 9.50 Å². The Kier molecular flexibility index (Phi) is 3.75. The molecule has 3 aromatic heterocycles. The van der Waals surface area contributed by atoms with Crippen LogP contribution in [-0.2, 0) is 18.4 Å². The van der Waals surface area contributed by atoms with Crippen molar-refractivity contribution in [3.8, 4) is 0 Å². The van der Waals surface area contributed by atoms with Crippen molar-refractivity contribution < 1.29 is 14.2 Å². The molecule has 2 atom stereocenters. The first kappa shape index (κ1) is 17.3. The van der Waals surface area contributed by atoms with E-state index in [0.717, 1.165) is 41.5 Å². The highest BCUT2D eigenvalue weighted by atomic mass is 16.5. The van der Waals surface area contributed by atoms with E-state index < -0.39 is 0 Å². The van der Waals surface area contributed by atoms with Crippen molar-refractivity contribution in [2.24, 2.45) is 7.05 Å². The molecule has 1 fully saturated rings. The molecule has 0 radical (unpaired) electrons. The van der Waals surface area contributed by atoms with Gasteiger partial charge in [0.1, 0.15) is 7.05 Å². The van der Waals surface area contributed by atoms with Gasteiger partial charge in [0.25, 0.3) is 11.4 Å². The summed E-state index contributed by atoms with van der Waals surface area (Å²) in [6.45, 7) is 0.456. The lowest BCUT2D eigenvalue weighted by Crippen LogP contribution is -2.41. The lowest BCUT2D eigenvalue weighted by molar-refractivity contribution is -0.707. The van der Waals surface area contributed by atoms with E-state index in [1.54, 1.807) is 10.7 Å². The number of carbonyl (C=O) groups excluding carboxylic acids is 1. The molecular weight excluding hydrogens is 384 g/mol. The van der Waals surface area contributed by atoms with Gasteiger partial charge in [-0.1, -0.05) is 5.21 Å². The van der Waals surface area contributed by atoms with Crippen LogP contribution in [0.4, 0.5) is 11.5 Å². The maximum absolute atomic E-state index is 12.9. The van der Waals surface area contributed by atoms with Gasteiger partial charge < -0.3 is 15.4 Å². The Morgan fingerprint density at radius 3 is 3.13 bits per heavy atom. The number of aromatic amines is 1. The summed E-state index contributed by atoms with van der Waals surface area (Å²) in [4.78, 5) is 17.3. The van der Waals surface area contributed by atoms with E-state index in [4.69, 9.17) is 4.74 Å². The lowest BCUT2D eigenvalue weighted by atomic mass is 10.1. The molecule has 30 heavy (non-hydrogen) atoms. The number of amides is 1. The third-order valence-electron chi connectivity index (χ3n) is 5.91. The summed E-state index contributed by atoms with van der Waals surface area (Å²) < 4.78 is 9.69. The summed E-state index contributed by atoms with van der Waals surface area (Å²) in [5.74, 6) is 0.403. The molecular formula is C20H21N8O2+. The molecule has 10 nitrogen and oxygen atoms in total. The number of hydrogen-bond donors (Lipinski definition) is 3. The average molecular weight is 405 g/mol. The molecule has 1 aliphatic heterocycles. The number of ether oxygens (including phenoxy) is 1. The number of H-pyrrole nitrogens is 1. The van der Waals surface area contributed by atoms with E-state index in [1.807, 2.05) is 29.9 Å². The maximum atomic E-state index is 12.9. The van der Waals surface area contributed by atoms with Gasteiger partial charge in [-0.05, 0) is 49.1 Å². The summed E-state index contributed by atoms with van der Waals surface area (Å²) in [5, 5.41) is 18.5. The zero-order chi connectivity index (χ0) is 20.2. The molecule has 1 aliphatic carbocycles. The van der Waals surface area contributed by atoms with Gasteiger partial charge in [-0.3, -0.25) is 4.79 Å². The summed E-state index contributed by atoms with van der Waals surface area (Å²) in [6, 6.07) is 7.76. The van der Waals surface area contributed by atoms with Crippen molar-refractivity contribution in [3.63, 3.8) is 0 Å². The predicted octanol–water partition coefficient (Wildman–Crippen LogP) is 1.35. The minimum Gasteiger partial charge on any atom is -0.371 e. The molecule has 1 amide bonds. The molecule has 2 aliphatic rings. The van der Waals surface area contributed by atoms with E-state index in [-0.39, 0.29) is 18.1 Å². The van der Waals surface area contributed by atoms with E-state index >= 15 is 0 Å². The number of imidazole rings is 1. The molecule has 6 rings (SSSR count). The molecule has 0 saturated heterocycles. The zero-order valence-corrected chi connectivity index (χ0v) is 16.4. The largest absolute Gasteiger partial charge is 0.371 e. The van der Waals surface area contributed by atoms with Gasteiger partial charge in [0, 0.05) is 5.10 Å². The molecule has 4 heterocycles. The molecule has 10 heteroatoms. The molecule has 0 unspecified atom stereocenters. The number of rotatable bonds is 0. The Labute approximate surface area is 171 Å². The molecule has 4 bridgehead atoms. The maximum Gasteiger partial charge on any atom is 0.272 e. The number of anilines is 2. The first-order valence-corrected chi connectivity index (χ1v) is 10.1. The van der Waals surface area contributed by atoms with Crippen LogP contribution in [0.2, 0.25) is 0 Å². The Hall–Kier alpha value is -3.53. The number of aryl methyl sites for hydroxylation is 1. The van der Waals surface area contributed by atoms with Gasteiger partial charge in [0.2, 0.25) is 5.52 Å². The first-order chi connectivity index (χ1) is 14.7. The molecule has 1 saturated carbocycles. The van der Waals surface area contributed by atoms with Gasteiger partial charge in [-0.15, -0.1) is 5.10 Å². The van der Waals surface area contributed by atoms with Crippen LogP contribution in [-0.4, -0.2) is 43.0 Å². The highest BCUT2D eigenvalue weighted by Crippen LogP contribution is 2.28.